The van der Waals surface area contributed by atoms with Crippen LogP contribution in [0, 0.1) is 17.3 Å². The van der Waals surface area contributed by atoms with Gasteiger partial charge in [-0.3, -0.25) is 4.79 Å². The molecule has 2 radical (unpaired) electrons. The van der Waals surface area contributed by atoms with Gasteiger partial charge in [-0.2, -0.15) is 0 Å². The van der Waals surface area contributed by atoms with E-state index in [-0.39, 0.29) is 23.6 Å². The highest BCUT2D eigenvalue weighted by molar-refractivity contribution is 7.77. The van der Waals surface area contributed by atoms with Gasteiger partial charge in [-0.15, -0.1) is 0 Å². The van der Waals surface area contributed by atoms with Gasteiger partial charge in [0.2, 0.25) is 0 Å². The van der Waals surface area contributed by atoms with E-state index in [9.17, 15) is 4.79 Å². The summed E-state index contributed by atoms with van der Waals surface area (Å²) >= 11 is 0. The lowest BCUT2D eigenvalue weighted by Crippen LogP contribution is -2.60. The molecule has 30 heavy (non-hydrogen) atoms. The SMILES string of the molecule is [B]P(C)O[C@H](C[C@@H]1C/C(=C\C)C(OC(C)=O)[C@](C)(C(C)(C)/C=C/C(C)C)O1)C(C)C. The van der Waals surface area contributed by atoms with Crippen LogP contribution in [0.3, 0.4) is 0 Å². The Bertz CT molecular complexity index is 627. The van der Waals surface area contributed by atoms with Gasteiger partial charge in [0.25, 0.3) is 0 Å². The first-order chi connectivity index (χ1) is 13.7. The maximum atomic E-state index is 12.0. The summed E-state index contributed by atoms with van der Waals surface area (Å²) in [7, 11) is 5.04. The molecule has 1 rings (SSSR count). The van der Waals surface area contributed by atoms with Crippen molar-refractivity contribution in [3.05, 3.63) is 23.8 Å². The number of carbonyl (C=O) groups excluding carboxylic acids is 1. The van der Waals surface area contributed by atoms with Gasteiger partial charge in [0.1, 0.15) is 13.2 Å². The molecule has 1 aliphatic heterocycles. The van der Waals surface area contributed by atoms with E-state index in [4.69, 9.17) is 21.6 Å². The highest BCUT2D eigenvalue weighted by atomic mass is 31.1. The number of hydrogen-bond acceptors (Lipinski definition) is 4. The van der Waals surface area contributed by atoms with E-state index in [1.165, 1.54) is 6.92 Å². The third-order valence-corrected chi connectivity index (χ3v) is 6.69. The second kappa shape index (κ2) is 11.3. The summed E-state index contributed by atoms with van der Waals surface area (Å²) in [5.74, 6) is 0.467. The molecule has 2 unspecified atom stereocenters. The summed E-state index contributed by atoms with van der Waals surface area (Å²) < 4.78 is 18.7. The normalized spacial score (nSPS) is 29.0. The molecule has 1 heterocycles. The van der Waals surface area contributed by atoms with Crippen molar-refractivity contribution in [2.24, 2.45) is 17.3 Å². The maximum absolute atomic E-state index is 12.0. The molecule has 6 heteroatoms. The Hall–Kier alpha value is -0.635. The molecule has 0 saturated carbocycles. The van der Waals surface area contributed by atoms with Gasteiger partial charge in [0.05, 0.1) is 12.2 Å². The van der Waals surface area contributed by atoms with Crippen LogP contribution in [0.25, 0.3) is 0 Å². The predicted molar refractivity (Wildman–Crippen MR) is 128 cm³/mol. The summed E-state index contributed by atoms with van der Waals surface area (Å²) in [4.78, 5) is 12.0. The molecule has 1 aliphatic rings. The molecule has 0 aromatic heterocycles. The average Bonchev–Trinajstić information content (AvgIpc) is 2.60. The van der Waals surface area contributed by atoms with Crippen LogP contribution in [0.5, 0.6) is 0 Å². The lowest BCUT2D eigenvalue weighted by atomic mass is 9.67. The minimum absolute atomic E-state index is 0.0260. The van der Waals surface area contributed by atoms with Crippen LogP contribution in [-0.4, -0.2) is 44.1 Å². The van der Waals surface area contributed by atoms with Crippen molar-refractivity contribution in [1.82, 2.24) is 0 Å². The molecule has 0 spiro atoms. The van der Waals surface area contributed by atoms with Gasteiger partial charge in [-0.1, -0.05) is 59.8 Å². The van der Waals surface area contributed by atoms with Gasteiger partial charge in [-0.05, 0) is 52.4 Å². The molecular formula is C24H42BO4P. The van der Waals surface area contributed by atoms with Crippen molar-refractivity contribution in [3.63, 3.8) is 0 Å². The van der Waals surface area contributed by atoms with Gasteiger partial charge in [0, 0.05) is 18.8 Å². The lowest BCUT2D eigenvalue weighted by molar-refractivity contribution is -0.217. The largest absolute Gasteiger partial charge is 0.455 e. The summed E-state index contributed by atoms with van der Waals surface area (Å²) in [6.07, 6.45) is 7.49. The zero-order chi connectivity index (χ0) is 23.3. The second-order valence-corrected chi connectivity index (χ2v) is 11.2. The monoisotopic (exact) mass is 436 g/mol. The first kappa shape index (κ1) is 27.4. The minimum Gasteiger partial charge on any atom is -0.455 e. The number of rotatable bonds is 9. The minimum atomic E-state index is -0.945. The Labute approximate surface area is 187 Å². The summed E-state index contributed by atoms with van der Waals surface area (Å²) in [6.45, 7) is 20.4. The average molecular weight is 436 g/mol. The van der Waals surface area contributed by atoms with Gasteiger partial charge in [0.15, 0.2) is 6.10 Å². The van der Waals surface area contributed by atoms with E-state index in [2.05, 4.69) is 66.7 Å². The molecule has 0 N–H and O–H groups in total. The van der Waals surface area contributed by atoms with Crippen molar-refractivity contribution < 1.29 is 18.8 Å². The van der Waals surface area contributed by atoms with Crippen molar-refractivity contribution in [2.75, 3.05) is 6.66 Å². The van der Waals surface area contributed by atoms with Crippen LogP contribution in [-0.2, 0) is 18.8 Å². The van der Waals surface area contributed by atoms with Crippen molar-refractivity contribution >= 4 is 21.6 Å². The Morgan fingerprint density at radius 3 is 2.40 bits per heavy atom. The summed E-state index contributed by atoms with van der Waals surface area (Å²) in [6, 6.07) is 0. The van der Waals surface area contributed by atoms with Crippen LogP contribution in [0.4, 0.5) is 0 Å². The maximum Gasteiger partial charge on any atom is 0.303 e. The molecule has 0 aromatic carbocycles. The molecule has 5 atom stereocenters. The third kappa shape index (κ3) is 7.21. The zero-order valence-corrected chi connectivity index (χ0v) is 21.6. The molecule has 4 nitrogen and oxygen atoms in total. The Morgan fingerprint density at radius 2 is 1.97 bits per heavy atom. The third-order valence-electron chi connectivity index (χ3n) is 6.08. The molecule has 0 amide bonds. The molecule has 0 aliphatic carbocycles. The number of carbonyl (C=O) groups is 1. The fraction of sp³-hybridized carbons (Fsp3) is 0.792. The second-order valence-electron chi connectivity index (χ2n) is 9.90. The number of ether oxygens (including phenoxy) is 2. The van der Waals surface area contributed by atoms with E-state index < -0.39 is 19.7 Å². The van der Waals surface area contributed by atoms with Gasteiger partial charge >= 0.3 is 5.97 Å². The Kier molecular flexibility index (Phi) is 10.3. The van der Waals surface area contributed by atoms with E-state index in [0.29, 0.717) is 18.3 Å². The highest BCUT2D eigenvalue weighted by Crippen LogP contribution is 2.48. The van der Waals surface area contributed by atoms with Crippen LogP contribution in [0.15, 0.2) is 23.8 Å². The van der Waals surface area contributed by atoms with Crippen LogP contribution >= 0.6 is 8.03 Å². The number of allylic oxidation sites excluding steroid dienone is 2. The van der Waals surface area contributed by atoms with Crippen LogP contribution in [0.2, 0.25) is 0 Å². The highest BCUT2D eigenvalue weighted by Gasteiger charge is 2.54. The predicted octanol–water partition coefficient (Wildman–Crippen LogP) is 6.19. The van der Waals surface area contributed by atoms with E-state index in [1.807, 2.05) is 13.6 Å². The molecule has 1 saturated heterocycles. The van der Waals surface area contributed by atoms with Crippen LogP contribution < -0.4 is 0 Å². The zero-order valence-electron chi connectivity index (χ0n) is 20.7. The summed E-state index contributed by atoms with van der Waals surface area (Å²) in [5, 5.41) is 0. The number of hydrogen-bond donors (Lipinski definition) is 0. The molecule has 0 bridgehead atoms. The lowest BCUT2D eigenvalue weighted by Gasteiger charge is -2.53. The van der Waals surface area contributed by atoms with Crippen molar-refractivity contribution in [2.45, 2.75) is 99.1 Å². The Balaban J connectivity index is 3.34. The first-order valence-electron chi connectivity index (χ1n) is 11.1. The van der Waals surface area contributed by atoms with Gasteiger partial charge < -0.3 is 14.0 Å². The van der Waals surface area contributed by atoms with E-state index in [1.54, 1.807) is 0 Å². The molecule has 170 valence electrons. The fourth-order valence-corrected chi connectivity index (χ4v) is 4.68. The Morgan fingerprint density at radius 1 is 1.37 bits per heavy atom. The number of esters is 1. The first-order valence-corrected chi connectivity index (χ1v) is 12.9. The standard InChI is InChI=1S/C24H42BO4P/c1-11-19-14-20(15-21(17(4)5)29-30(10)25)28-24(9,22(19)27-18(6)26)23(7,8)13-12-16(2)3/h11-13,16-17,20-22H,14-15H2,1-10H3/b13-12+,19-11+/t20-,21+,22?,24+,30?/m0/s1. The molecule has 0 aromatic rings. The summed E-state index contributed by atoms with van der Waals surface area (Å²) in [5.41, 5.74) is 0.0312. The smallest absolute Gasteiger partial charge is 0.303 e. The molecular weight excluding hydrogens is 394 g/mol. The van der Waals surface area contributed by atoms with Crippen LogP contribution in [0.1, 0.15) is 75.2 Å². The fourth-order valence-electron chi connectivity index (χ4n) is 3.93. The van der Waals surface area contributed by atoms with Crippen molar-refractivity contribution in [3.8, 4) is 0 Å². The van der Waals surface area contributed by atoms with E-state index in [0.717, 1.165) is 12.0 Å². The topological polar surface area (TPSA) is 44.8 Å². The van der Waals surface area contributed by atoms with Gasteiger partial charge in [-0.25, -0.2) is 0 Å². The van der Waals surface area contributed by atoms with Crippen molar-refractivity contribution in [1.29, 1.82) is 0 Å². The quantitative estimate of drug-likeness (QED) is 0.187. The molecule has 1 fully saturated rings. The van der Waals surface area contributed by atoms with E-state index >= 15 is 0 Å².